The number of nitrogens with two attached hydrogens (primary N) is 1. The Morgan fingerprint density at radius 3 is 2.47 bits per heavy atom. The van der Waals surface area contributed by atoms with Crippen molar-refractivity contribution in [1.82, 2.24) is 40.2 Å². The van der Waals surface area contributed by atoms with Crippen LogP contribution in [0, 0.1) is 5.41 Å². The van der Waals surface area contributed by atoms with Gasteiger partial charge in [-0.15, -0.1) is 10.2 Å². The molecule has 0 saturated carbocycles. The normalized spacial score (nSPS) is 19.8. The molecule has 358 valence electrons. The van der Waals surface area contributed by atoms with Crippen LogP contribution in [0.15, 0.2) is 76.9 Å². The van der Waals surface area contributed by atoms with Crippen LogP contribution in [-0.2, 0) is 27.5 Å². The second kappa shape index (κ2) is 20.3. The molecule has 5 N–H and O–H groups in total. The maximum atomic E-state index is 13.4. The molecule has 1 atom stereocenters. The molecule has 0 aliphatic carbocycles. The Kier molecular flexibility index (Phi) is 14.0. The molecule has 19 heteroatoms. The molecule has 2 aromatic heterocycles. The summed E-state index contributed by atoms with van der Waals surface area (Å²) in [6.07, 6.45) is 11.1. The molecule has 1 unspecified atom stereocenters. The highest BCUT2D eigenvalue weighted by atomic mass is 32.2. The van der Waals surface area contributed by atoms with Crippen LogP contribution in [0.25, 0.3) is 0 Å². The summed E-state index contributed by atoms with van der Waals surface area (Å²) in [6, 6.07) is 16.2. The highest BCUT2D eigenvalue weighted by Gasteiger charge is 2.47. The number of carbonyl (C=O) groups is 5. The number of aromatic nitrogens is 4. The van der Waals surface area contributed by atoms with Crippen molar-refractivity contribution in [2.45, 2.75) is 98.8 Å². The van der Waals surface area contributed by atoms with Crippen LogP contribution >= 0.6 is 11.8 Å². The maximum Gasteiger partial charge on any atom is 0.274 e. The van der Waals surface area contributed by atoms with Gasteiger partial charge in [-0.3, -0.25) is 29.3 Å². The number of aliphatic hydroxyl groups is 1. The molecule has 5 aliphatic heterocycles. The highest BCUT2D eigenvalue weighted by Crippen LogP contribution is 2.41. The van der Waals surface area contributed by atoms with Crippen LogP contribution < -0.4 is 26.2 Å². The monoisotopic (exact) mass is 944 g/mol. The van der Waals surface area contributed by atoms with Gasteiger partial charge in [0.1, 0.15) is 16.9 Å². The smallest absolute Gasteiger partial charge is 0.274 e. The Morgan fingerprint density at radius 1 is 0.912 bits per heavy atom. The lowest BCUT2D eigenvalue weighted by molar-refractivity contribution is -0.137. The third-order valence-electron chi connectivity index (χ3n) is 14.1. The first-order valence-electron chi connectivity index (χ1n) is 23.7. The van der Waals surface area contributed by atoms with E-state index in [0.717, 1.165) is 116 Å². The van der Waals surface area contributed by atoms with Gasteiger partial charge >= 0.3 is 0 Å². The summed E-state index contributed by atoms with van der Waals surface area (Å²) in [5.41, 5.74) is 9.14. The van der Waals surface area contributed by atoms with Crippen molar-refractivity contribution in [1.29, 1.82) is 0 Å². The summed E-state index contributed by atoms with van der Waals surface area (Å²) in [5.74, 6) is 0.340. The van der Waals surface area contributed by atoms with Crippen molar-refractivity contribution in [2.75, 3.05) is 74.6 Å². The standard InChI is InChI=1S/C49H60N12O6S/c1-57(27-33-10-11-37-34(23-33)28-61(46(37)66)39-13-15-43(64)54-45(39)65)47(67)38-12-14-40(56-55-38)60-20-16-48(31-60)29-58(30-48)19-5-3-2-4-9-42(63)53-35-7-6-8-36(24-35)68-44-26-51-41(25-52-44)59-21-17-49(50,32-62)18-22-59/h6-8,10-12,14,23-26,39,62H,2-5,9,13,15-22,27-32,50H2,1H3,(H,53,63)(H,54,64,65). The highest BCUT2D eigenvalue weighted by molar-refractivity contribution is 7.99. The molecular weight excluding hydrogens is 885 g/mol. The van der Waals surface area contributed by atoms with Crippen LogP contribution in [0.5, 0.6) is 0 Å². The van der Waals surface area contributed by atoms with E-state index in [1.165, 1.54) is 16.7 Å². The van der Waals surface area contributed by atoms with Crippen LogP contribution in [-0.4, -0.2) is 141 Å². The number of rotatable bonds is 17. The van der Waals surface area contributed by atoms with E-state index in [9.17, 15) is 29.1 Å². The average molecular weight is 945 g/mol. The molecule has 5 aliphatic rings. The van der Waals surface area contributed by atoms with E-state index in [2.05, 4.69) is 45.5 Å². The van der Waals surface area contributed by atoms with Gasteiger partial charge in [0, 0.05) is 99.3 Å². The topological polar surface area (TPSA) is 223 Å². The third-order valence-corrected chi connectivity index (χ3v) is 15.0. The van der Waals surface area contributed by atoms with Crippen LogP contribution in [0.2, 0.25) is 0 Å². The van der Waals surface area contributed by atoms with Crippen LogP contribution in [0.4, 0.5) is 17.3 Å². The number of nitrogens with one attached hydrogen (secondary N) is 2. The van der Waals surface area contributed by atoms with Crippen molar-refractivity contribution in [3.8, 4) is 0 Å². The Morgan fingerprint density at radius 2 is 1.72 bits per heavy atom. The third kappa shape index (κ3) is 10.8. The molecular formula is C49H60N12O6S. The summed E-state index contributed by atoms with van der Waals surface area (Å²) in [6.45, 7) is 7.01. The predicted molar refractivity (Wildman–Crippen MR) is 256 cm³/mol. The summed E-state index contributed by atoms with van der Waals surface area (Å²) >= 11 is 1.50. The van der Waals surface area contributed by atoms with Crippen molar-refractivity contribution >= 4 is 58.6 Å². The van der Waals surface area contributed by atoms with Gasteiger partial charge in [0.25, 0.3) is 11.8 Å². The molecule has 5 amide bonds. The fourth-order valence-corrected chi connectivity index (χ4v) is 10.9. The SMILES string of the molecule is CN(Cc1ccc2c(c1)CN(C1CCC(=O)NC1=O)C2=O)C(=O)c1ccc(N2CCC3(CN(CCCCCCC(=O)Nc4cccc(Sc5cnc(N6CCC(N)(CO)CC6)cn5)c4)C3)C2)nn1. The van der Waals surface area contributed by atoms with E-state index in [-0.39, 0.29) is 54.3 Å². The minimum absolute atomic E-state index is 0.0103. The number of hydrogen-bond donors (Lipinski definition) is 4. The molecule has 1 spiro atoms. The lowest BCUT2D eigenvalue weighted by Gasteiger charge is -2.48. The minimum atomic E-state index is -0.676. The number of amides is 5. The molecule has 4 aromatic rings. The van der Waals surface area contributed by atoms with Gasteiger partial charge in [-0.1, -0.05) is 42.8 Å². The minimum Gasteiger partial charge on any atom is -0.394 e. The largest absolute Gasteiger partial charge is 0.394 e. The number of likely N-dealkylation sites (tertiary alicyclic amines) is 1. The quantitative estimate of drug-likeness (QED) is 0.0872. The summed E-state index contributed by atoms with van der Waals surface area (Å²) < 4.78 is 0. The number of benzene rings is 2. The van der Waals surface area contributed by atoms with Gasteiger partial charge in [0.15, 0.2) is 11.5 Å². The van der Waals surface area contributed by atoms with E-state index in [1.54, 1.807) is 36.5 Å². The Balaban J connectivity index is 0.643. The van der Waals surface area contributed by atoms with Crippen molar-refractivity contribution < 1.29 is 29.1 Å². The number of anilines is 3. The fourth-order valence-electron chi connectivity index (χ4n) is 10.1. The van der Waals surface area contributed by atoms with Crippen LogP contribution in [0.3, 0.4) is 0 Å². The molecule has 4 fully saturated rings. The molecule has 2 aromatic carbocycles. The number of hydrogen-bond acceptors (Lipinski definition) is 15. The average Bonchev–Trinajstić information content (AvgIpc) is 3.92. The zero-order valence-electron chi connectivity index (χ0n) is 38.6. The van der Waals surface area contributed by atoms with Gasteiger partial charge in [0.2, 0.25) is 17.7 Å². The first kappa shape index (κ1) is 47.1. The van der Waals surface area contributed by atoms with Crippen molar-refractivity contribution in [2.24, 2.45) is 11.1 Å². The van der Waals surface area contributed by atoms with E-state index < -0.39 is 17.5 Å². The Hall–Kier alpha value is -6.02. The van der Waals surface area contributed by atoms with E-state index in [1.807, 2.05) is 42.5 Å². The number of aliphatic hydroxyl groups excluding tert-OH is 1. The maximum absolute atomic E-state index is 13.4. The summed E-state index contributed by atoms with van der Waals surface area (Å²) in [7, 11) is 1.71. The number of carbonyl (C=O) groups excluding carboxylic acids is 5. The zero-order chi connectivity index (χ0) is 47.4. The first-order valence-corrected chi connectivity index (χ1v) is 24.5. The lowest BCUT2D eigenvalue weighted by Crippen LogP contribution is -2.57. The Labute approximate surface area is 400 Å². The number of fused-ring (bicyclic) bond motifs is 1. The summed E-state index contributed by atoms with van der Waals surface area (Å²) in [4.78, 5) is 83.5. The number of nitrogens with zero attached hydrogens (tertiary/aromatic N) is 9. The molecule has 0 radical (unpaired) electrons. The number of unbranched alkanes of at least 4 members (excludes halogenated alkanes) is 3. The van der Waals surface area contributed by atoms with E-state index in [4.69, 9.17) is 5.73 Å². The molecule has 4 saturated heterocycles. The number of piperidine rings is 2. The van der Waals surface area contributed by atoms with Crippen molar-refractivity contribution in [3.05, 3.63) is 89.4 Å². The number of imide groups is 1. The van der Waals surface area contributed by atoms with E-state index in [0.29, 0.717) is 37.8 Å². The molecule has 9 rings (SSSR count). The molecule has 7 heterocycles. The molecule has 68 heavy (non-hydrogen) atoms. The van der Waals surface area contributed by atoms with Crippen molar-refractivity contribution in [3.63, 3.8) is 0 Å². The van der Waals surface area contributed by atoms with Gasteiger partial charge in [-0.05, 0) is 92.6 Å². The predicted octanol–water partition coefficient (Wildman–Crippen LogP) is 3.84. The van der Waals surface area contributed by atoms with Gasteiger partial charge in [0.05, 0.1) is 19.0 Å². The Bertz CT molecular complexity index is 2510. The second-order valence-electron chi connectivity index (χ2n) is 19.3. The molecule has 18 nitrogen and oxygen atoms in total. The lowest BCUT2D eigenvalue weighted by atomic mass is 9.79. The first-order chi connectivity index (χ1) is 32.8. The summed E-state index contributed by atoms with van der Waals surface area (Å²) in [5, 5.41) is 24.5. The second-order valence-corrected chi connectivity index (χ2v) is 20.4. The fraction of sp³-hybridized carbons (Fsp3) is 0.490. The van der Waals surface area contributed by atoms with Gasteiger partial charge < -0.3 is 40.7 Å². The van der Waals surface area contributed by atoms with Gasteiger partial charge in [-0.2, -0.15) is 0 Å². The molecule has 0 bridgehead atoms. The van der Waals surface area contributed by atoms with Crippen LogP contribution in [0.1, 0.15) is 96.2 Å². The van der Waals surface area contributed by atoms with Gasteiger partial charge in [-0.25, -0.2) is 9.97 Å². The van der Waals surface area contributed by atoms with E-state index >= 15 is 0 Å². The zero-order valence-corrected chi connectivity index (χ0v) is 39.4.